The quantitative estimate of drug-likeness (QED) is 0.202. The maximum atomic E-state index is 14.3. The summed E-state index contributed by atoms with van der Waals surface area (Å²) in [5, 5.41) is 11.5. The Kier molecular flexibility index (Phi) is 9.23. The lowest BCUT2D eigenvalue weighted by Crippen LogP contribution is -2.42. The number of aromatic nitrogens is 3. The van der Waals surface area contributed by atoms with Crippen LogP contribution in [-0.4, -0.2) is 52.9 Å². The molecule has 44 heavy (non-hydrogen) atoms. The first kappa shape index (κ1) is 30.3. The molecule has 0 fully saturated rings. The van der Waals surface area contributed by atoms with Gasteiger partial charge in [0.25, 0.3) is 5.91 Å². The summed E-state index contributed by atoms with van der Waals surface area (Å²) in [5.74, 6) is 0.447. The lowest BCUT2D eigenvalue weighted by Gasteiger charge is -2.32. The lowest BCUT2D eigenvalue weighted by atomic mass is 9.97. The summed E-state index contributed by atoms with van der Waals surface area (Å²) in [7, 11) is 5.54. The highest BCUT2D eigenvalue weighted by Gasteiger charge is 2.32. The van der Waals surface area contributed by atoms with Gasteiger partial charge in [0, 0.05) is 32.0 Å². The molecule has 0 radical (unpaired) electrons. The van der Waals surface area contributed by atoms with Crippen molar-refractivity contribution in [2.75, 3.05) is 31.4 Å². The normalized spacial score (nSPS) is 11.8. The Bertz CT molecular complexity index is 1710. The first-order chi connectivity index (χ1) is 21.2. The second-order valence-corrected chi connectivity index (χ2v) is 11.3. The number of nitrogens with one attached hydrogen (secondary N) is 1. The molecule has 0 saturated carbocycles. The van der Waals surface area contributed by atoms with E-state index in [-0.39, 0.29) is 24.9 Å². The first-order valence-electron chi connectivity index (χ1n) is 14.6. The zero-order valence-corrected chi connectivity index (χ0v) is 25.8. The molecular formula is C35H38N6O3. The number of fused-ring (bicyclic) bond motifs is 1. The number of nitrogens with zero attached hydrogens (tertiary/aromatic N) is 5. The second-order valence-electron chi connectivity index (χ2n) is 11.3. The monoisotopic (exact) mass is 590 g/mol. The number of amides is 2. The predicted molar refractivity (Wildman–Crippen MR) is 174 cm³/mol. The minimum Gasteiger partial charge on any atom is -0.497 e. The molecule has 5 aromatic rings. The van der Waals surface area contributed by atoms with Gasteiger partial charge in [-0.1, -0.05) is 67.6 Å². The van der Waals surface area contributed by atoms with Crippen LogP contribution in [0.4, 0.5) is 11.4 Å². The van der Waals surface area contributed by atoms with Crippen LogP contribution in [0.1, 0.15) is 42.5 Å². The fourth-order valence-corrected chi connectivity index (χ4v) is 5.09. The minimum absolute atomic E-state index is 0.0813. The number of para-hydroxylation sites is 1. The van der Waals surface area contributed by atoms with Gasteiger partial charge in [0.05, 0.1) is 12.6 Å². The number of carbonyl (C=O) groups excluding carboxylic acids is 2. The third-order valence-corrected chi connectivity index (χ3v) is 7.67. The molecule has 1 heterocycles. The first-order valence-corrected chi connectivity index (χ1v) is 14.6. The Morgan fingerprint density at radius 3 is 2.16 bits per heavy atom. The number of carbonyl (C=O) groups is 2. The van der Waals surface area contributed by atoms with E-state index in [1.54, 1.807) is 16.7 Å². The van der Waals surface area contributed by atoms with Crippen molar-refractivity contribution < 1.29 is 14.3 Å². The Morgan fingerprint density at radius 1 is 0.864 bits per heavy atom. The van der Waals surface area contributed by atoms with Crippen LogP contribution in [0.5, 0.6) is 5.75 Å². The molecule has 1 atom stereocenters. The molecule has 1 N–H and O–H groups in total. The molecule has 4 aromatic carbocycles. The average molecular weight is 591 g/mol. The molecule has 0 aliphatic rings. The van der Waals surface area contributed by atoms with Crippen molar-refractivity contribution in [2.24, 2.45) is 0 Å². The van der Waals surface area contributed by atoms with Gasteiger partial charge in [-0.3, -0.25) is 9.59 Å². The number of anilines is 2. The maximum absolute atomic E-state index is 14.3. The van der Waals surface area contributed by atoms with Gasteiger partial charge in [-0.15, -0.1) is 5.10 Å². The highest BCUT2D eigenvalue weighted by molar-refractivity contribution is 5.98. The zero-order valence-electron chi connectivity index (χ0n) is 25.8. The summed E-state index contributed by atoms with van der Waals surface area (Å²) in [4.78, 5) is 32.1. The fraction of sp³-hybridized carbons (Fsp3) is 0.257. The van der Waals surface area contributed by atoms with Crippen LogP contribution < -0.4 is 15.0 Å². The molecule has 0 spiro atoms. The zero-order chi connectivity index (χ0) is 31.2. The van der Waals surface area contributed by atoms with Gasteiger partial charge < -0.3 is 19.9 Å². The van der Waals surface area contributed by atoms with Crippen LogP contribution in [0.2, 0.25) is 0 Å². The fourth-order valence-electron chi connectivity index (χ4n) is 5.09. The van der Waals surface area contributed by atoms with Crippen molar-refractivity contribution >= 4 is 34.2 Å². The van der Waals surface area contributed by atoms with E-state index in [9.17, 15) is 9.59 Å². The van der Waals surface area contributed by atoms with Crippen molar-refractivity contribution in [3.8, 4) is 5.75 Å². The highest BCUT2D eigenvalue weighted by Crippen LogP contribution is 2.29. The number of ether oxygens (including phenoxy) is 1. The van der Waals surface area contributed by atoms with Crippen molar-refractivity contribution in [3.05, 3.63) is 114 Å². The van der Waals surface area contributed by atoms with Crippen LogP contribution in [0.3, 0.4) is 0 Å². The Morgan fingerprint density at radius 2 is 1.52 bits per heavy atom. The maximum Gasteiger partial charge on any atom is 0.251 e. The van der Waals surface area contributed by atoms with Gasteiger partial charge in [-0.2, -0.15) is 0 Å². The lowest BCUT2D eigenvalue weighted by molar-refractivity contribution is -0.140. The van der Waals surface area contributed by atoms with Gasteiger partial charge in [0.2, 0.25) is 5.91 Å². The summed E-state index contributed by atoms with van der Waals surface area (Å²) in [6.45, 7) is 4.36. The van der Waals surface area contributed by atoms with E-state index < -0.39 is 6.04 Å². The van der Waals surface area contributed by atoms with Crippen molar-refractivity contribution in [2.45, 2.75) is 38.9 Å². The smallest absolute Gasteiger partial charge is 0.251 e. The molecule has 0 saturated heterocycles. The molecule has 2 amide bonds. The second kappa shape index (κ2) is 13.4. The average Bonchev–Trinajstić information content (AvgIpc) is 3.44. The molecule has 5 rings (SSSR count). The Labute approximate surface area is 258 Å². The standard InChI is InChI=1S/C35H38N6O3/c1-24(2)26-12-14-27(15-13-26)34(35(43)36-28-16-18-29(19-17-28)39(3)4)40(22-25-10-20-30(44-5)21-11-25)33(42)23-41-32-9-7-6-8-31(32)37-38-41/h6-21,24,34H,22-23H2,1-5H3,(H,36,43)/t34-/m1/s1. The van der Waals surface area contributed by atoms with E-state index in [1.807, 2.05) is 116 Å². The number of rotatable bonds is 11. The van der Waals surface area contributed by atoms with Gasteiger partial charge >= 0.3 is 0 Å². The van der Waals surface area contributed by atoms with E-state index >= 15 is 0 Å². The molecule has 9 heteroatoms. The summed E-state index contributed by atoms with van der Waals surface area (Å²) in [6.07, 6.45) is 0. The molecule has 0 aliphatic carbocycles. The molecule has 0 aliphatic heterocycles. The third kappa shape index (κ3) is 6.89. The molecule has 0 bridgehead atoms. The van der Waals surface area contributed by atoms with Crippen molar-refractivity contribution in [1.82, 2.24) is 19.9 Å². The number of hydrogen-bond donors (Lipinski definition) is 1. The van der Waals surface area contributed by atoms with Gasteiger partial charge in [-0.25, -0.2) is 4.68 Å². The van der Waals surface area contributed by atoms with Crippen molar-refractivity contribution in [1.29, 1.82) is 0 Å². The topological polar surface area (TPSA) is 92.6 Å². The molecular weight excluding hydrogens is 552 g/mol. The summed E-state index contributed by atoms with van der Waals surface area (Å²) in [6, 6.07) is 29.6. The van der Waals surface area contributed by atoms with E-state index in [0.717, 1.165) is 22.3 Å². The predicted octanol–water partition coefficient (Wildman–Crippen LogP) is 6.04. The SMILES string of the molecule is COc1ccc(CN(C(=O)Cn2nnc3ccccc32)[C@@H](C(=O)Nc2ccc(N(C)C)cc2)c2ccc(C(C)C)cc2)cc1. The molecule has 0 unspecified atom stereocenters. The Balaban J connectivity index is 1.55. The highest BCUT2D eigenvalue weighted by atomic mass is 16.5. The van der Waals surface area contributed by atoms with E-state index in [0.29, 0.717) is 28.4 Å². The van der Waals surface area contributed by atoms with Crippen LogP contribution in [0.25, 0.3) is 11.0 Å². The van der Waals surface area contributed by atoms with Crippen molar-refractivity contribution in [3.63, 3.8) is 0 Å². The summed E-state index contributed by atoms with van der Waals surface area (Å²) < 4.78 is 6.92. The van der Waals surface area contributed by atoms with Gasteiger partial charge in [0.15, 0.2) is 0 Å². The molecule has 1 aromatic heterocycles. The van der Waals surface area contributed by atoms with E-state index in [2.05, 4.69) is 29.5 Å². The van der Waals surface area contributed by atoms with Crippen LogP contribution in [0, 0.1) is 0 Å². The minimum atomic E-state index is -0.922. The Hall–Kier alpha value is -5.18. The van der Waals surface area contributed by atoms with Gasteiger partial charge in [0.1, 0.15) is 23.9 Å². The van der Waals surface area contributed by atoms with E-state index in [1.165, 1.54) is 0 Å². The van der Waals surface area contributed by atoms with Gasteiger partial charge in [-0.05, 0) is 71.1 Å². The van der Waals surface area contributed by atoms with Crippen LogP contribution in [0.15, 0.2) is 97.1 Å². The van der Waals surface area contributed by atoms with Crippen LogP contribution in [-0.2, 0) is 22.7 Å². The number of methoxy groups -OCH3 is 1. The summed E-state index contributed by atoms with van der Waals surface area (Å²) in [5.41, 5.74) is 5.81. The van der Waals surface area contributed by atoms with E-state index in [4.69, 9.17) is 4.74 Å². The van der Waals surface area contributed by atoms with Crippen LogP contribution >= 0.6 is 0 Å². The third-order valence-electron chi connectivity index (χ3n) is 7.67. The molecule has 226 valence electrons. The summed E-state index contributed by atoms with van der Waals surface area (Å²) >= 11 is 0. The number of hydrogen-bond acceptors (Lipinski definition) is 6. The largest absolute Gasteiger partial charge is 0.497 e. The number of benzene rings is 4. The molecule has 9 nitrogen and oxygen atoms in total.